The molecule has 1 heterocycles. The Labute approximate surface area is 109 Å². The van der Waals surface area contributed by atoms with E-state index in [0.717, 1.165) is 37.2 Å². The van der Waals surface area contributed by atoms with E-state index in [9.17, 15) is 5.11 Å². The van der Waals surface area contributed by atoms with Crippen LogP contribution in [0.3, 0.4) is 0 Å². The summed E-state index contributed by atoms with van der Waals surface area (Å²) in [7, 11) is 3.82. The fraction of sp³-hybridized carbons (Fsp3) is 0.600. The molecule has 1 atom stereocenters. The van der Waals surface area contributed by atoms with Crippen LogP contribution in [-0.4, -0.2) is 43.9 Å². The average Bonchev–Trinajstić information content (AvgIpc) is 2.72. The van der Waals surface area contributed by atoms with Crippen LogP contribution >= 0.6 is 0 Å². The summed E-state index contributed by atoms with van der Waals surface area (Å²) in [4.78, 5) is 2.30. The fourth-order valence-electron chi connectivity index (χ4n) is 2.97. The van der Waals surface area contributed by atoms with Crippen LogP contribution in [0.15, 0.2) is 18.2 Å². The van der Waals surface area contributed by atoms with Crippen molar-refractivity contribution in [3.63, 3.8) is 0 Å². The summed E-state index contributed by atoms with van der Waals surface area (Å²) in [5, 5.41) is 9.71. The standard InChI is InChI=1S/C15H23NO2/c1-12-8-13(4-5-14(12)18-3)9-15(11-17)6-7-16(2)10-15/h4-5,8,17H,6-7,9-11H2,1-3H3. The highest BCUT2D eigenvalue weighted by Crippen LogP contribution is 2.34. The highest BCUT2D eigenvalue weighted by molar-refractivity contribution is 5.36. The second-order valence-electron chi connectivity index (χ2n) is 5.63. The maximum atomic E-state index is 9.71. The van der Waals surface area contributed by atoms with Crippen LogP contribution in [0, 0.1) is 12.3 Å². The molecule has 3 heteroatoms. The van der Waals surface area contributed by atoms with Gasteiger partial charge in [-0.3, -0.25) is 0 Å². The minimum absolute atomic E-state index is 0.0375. The number of rotatable bonds is 4. The molecule has 100 valence electrons. The first kappa shape index (κ1) is 13.4. The molecule has 1 saturated heterocycles. The number of aliphatic hydroxyl groups excluding tert-OH is 1. The molecule has 3 nitrogen and oxygen atoms in total. The van der Waals surface area contributed by atoms with E-state index < -0.39 is 0 Å². The second-order valence-corrected chi connectivity index (χ2v) is 5.63. The summed E-state index contributed by atoms with van der Waals surface area (Å²) in [5.74, 6) is 0.931. The smallest absolute Gasteiger partial charge is 0.121 e. The van der Waals surface area contributed by atoms with Gasteiger partial charge in [0.05, 0.1) is 13.7 Å². The summed E-state index contributed by atoms with van der Waals surface area (Å²) in [6.07, 6.45) is 2.02. The molecule has 0 amide bonds. The van der Waals surface area contributed by atoms with Crippen LogP contribution in [-0.2, 0) is 6.42 Å². The van der Waals surface area contributed by atoms with Gasteiger partial charge in [0.15, 0.2) is 0 Å². The van der Waals surface area contributed by atoms with E-state index in [2.05, 4.69) is 31.0 Å². The Hall–Kier alpha value is -1.06. The van der Waals surface area contributed by atoms with Crippen molar-refractivity contribution in [3.05, 3.63) is 29.3 Å². The zero-order chi connectivity index (χ0) is 13.2. The van der Waals surface area contributed by atoms with Gasteiger partial charge < -0.3 is 14.7 Å². The quantitative estimate of drug-likeness (QED) is 0.884. The molecular weight excluding hydrogens is 226 g/mol. The molecule has 18 heavy (non-hydrogen) atoms. The Kier molecular flexibility index (Phi) is 3.93. The molecule has 1 aromatic rings. The van der Waals surface area contributed by atoms with Crippen molar-refractivity contribution in [1.82, 2.24) is 4.90 Å². The van der Waals surface area contributed by atoms with Crippen molar-refractivity contribution >= 4 is 0 Å². The molecule has 1 N–H and O–H groups in total. The van der Waals surface area contributed by atoms with E-state index in [4.69, 9.17) is 4.74 Å². The Morgan fingerprint density at radius 2 is 2.22 bits per heavy atom. The number of ether oxygens (including phenoxy) is 1. The first-order valence-electron chi connectivity index (χ1n) is 6.51. The van der Waals surface area contributed by atoms with Crippen LogP contribution in [0.4, 0.5) is 0 Å². The molecule has 1 aliphatic heterocycles. The Balaban J connectivity index is 2.15. The van der Waals surface area contributed by atoms with Gasteiger partial charge in [0, 0.05) is 12.0 Å². The van der Waals surface area contributed by atoms with Crippen LogP contribution in [0.5, 0.6) is 5.75 Å². The number of benzene rings is 1. The van der Waals surface area contributed by atoms with E-state index in [0.29, 0.717) is 0 Å². The van der Waals surface area contributed by atoms with Crippen molar-refractivity contribution in [2.45, 2.75) is 19.8 Å². The number of hydrogen-bond acceptors (Lipinski definition) is 3. The van der Waals surface area contributed by atoms with Crippen LogP contribution in [0.25, 0.3) is 0 Å². The third-order valence-corrected chi connectivity index (χ3v) is 4.00. The first-order chi connectivity index (χ1) is 8.58. The molecular formula is C15H23NO2. The monoisotopic (exact) mass is 249 g/mol. The molecule has 0 spiro atoms. The summed E-state index contributed by atoms with van der Waals surface area (Å²) in [6.45, 7) is 4.39. The SMILES string of the molecule is COc1ccc(CC2(CO)CCN(C)C2)cc1C. The number of hydrogen-bond donors (Lipinski definition) is 1. The third kappa shape index (κ3) is 2.68. The molecule has 0 aliphatic carbocycles. The fourth-order valence-corrected chi connectivity index (χ4v) is 2.97. The summed E-state index contributed by atoms with van der Waals surface area (Å²) in [5.41, 5.74) is 2.49. The number of methoxy groups -OCH3 is 1. The Bertz CT molecular complexity index is 419. The maximum Gasteiger partial charge on any atom is 0.121 e. The molecule has 0 bridgehead atoms. The lowest BCUT2D eigenvalue weighted by atomic mass is 9.81. The minimum atomic E-state index is 0.0375. The summed E-state index contributed by atoms with van der Waals surface area (Å²) < 4.78 is 5.28. The lowest BCUT2D eigenvalue weighted by Crippen LogP contribution is -2.31. The van der Waals surface area contributed by atoms with Gasteiger partial charge in [-0.25, -0.2) is 0 Å². The lowest BCUT2D eigenvalue weighted by Gasteiger charge is -2.27. The Morgan fingerprint density at radius 1 is 1.44 bits per heavy atom. The first-order valence-corrected chi connectivity index (χ1v) is 6.51. The van der Waals surface area contributed by atoms with Gasteiger partial charge in [0.1, 0.15) is 5.75 Å². The van der Waals surface area contributed by atoms with Crippen molar-refractivity contribution in [1.29, 1.82) is 0 Å². The van der Waals surface area contributed by atoms with Crippen LogP contribution in [0.2, 0.25) is 0 Å². The molecule has 1 unspecified atom stereocenters. The van der Waals surface area contributed by atoms with Crippen LogP contribution < -0.4 is 4.74 Å². The number of aryl methyl sites for hydroxylation is 1. The molecule has 0 radical (unpaired) electrons. The zero-order valence-corrected chi connectivity index (χ0v) is 11.6. The van der Waals surface area contributed by atoms with Crippen molar-refractivity contribution in [3.8, 4) is 5.75 Å². The molecule has 2 rings (SSSR count). The highest BCUT2D eigenvalue weighted by atomic mass is 16.5. The van der Waals surface area contributed by atoms with E-state index >= 15 is 0 Å². The number of nitrogens with zero attached hydrogens (tertiary/aromatic N) is 1. The number of aliphatic hydroxyl groups is 1. The Morgan fingerprint density at radius 3 is 2.72 bits per heavy atom. The predicted octanol–water partition coefficient (Wildman–Crippen LogP) is 1.86. The van der Waals surface area contributed by atoms with E-state index in [-0.39, 0.29) is 12.0 Å². The topological polar surface area (TPSA) is 32.7 Å². The third-order valence-electron chi connectivity index (χ3n) is 4.00. The predicted molar refractivity (Wildman–Crippen MR) is 73.1 cm³/mol. The molecule has 1 aliphatic rings. The van der Waals surface area contributed by atoms with Gasteiger partial charge in [-0.1, -0.05) is 12.1 Å². The van der Waals surface area contributed by atoms with Crippen molar-refractivity contribution in [2.24, 2.45) is 5.41 Å². The summed E-state index contributed by atoms with van der Waals surface area (Å²) in [6, 6.07) is 6.31. The van der Waals surface area contributed by atoms with Crippen LogP contribution in [0.1, 0.15) is 17.5 Å². The minimum Gasteiger partial charge on any atom is -0.496 e. The van der Waals surface area contributed by atoms with Gasteiger partial charge in [-0.2, -0.15) is 0 Å². The second kappa shape index (κ2) is 5.29. The largest absolute Gasteiger partial charge is 0.496 e. The zero-order valence-electron chi connectivity index (χ0n) is 11.6. The molecule has 1 fully saturated rings. The van der Waals surface area contributed by atoms with Gasteiger partial charge in [-0.05, 0) is 50.6 Å². The van der Waals surface area contributed by atoms with Crippen molar-refractivity contribution in [2.75, 3.05) is 33.9 Å². The van der Waals surface area contributed by atoms with Gasteiger partial charge in [0.2, 0.25) is 0 Å². The molecule has 0 saturated carbocycles. The van der Waals surface area contributed by atoms with Gasteiger partial charge in [-0.15, -0.1) is 0 Å². The summed E-state index contributed by atoms with van der Waals surface area (Å²) >= 11 is 0. The molecule has 0 aromatic heterocycles. The van der Waals surface area contributed by atoms with Gasteiger partial charge >= 0.3 is 0 Å². The maximum absolute atomic E-state index is 9.71. The number of likely N-dealkylation sites (tertiary alicyclic amines) is 1. The van der Waals surface area contributed by atoms with Crippen molar-refractivity contribution < 1.29 is 9.84 Å². The lowest BCUT2D eigenvalue weighted by molar-refractivity contribution is 0.132. The van der Waals surface area contributed by atoms with E-state index in [1.165, 1.54) is 5.56 Å². The van der Waals surface area contributed by atoms with Gasteiger partial charge in [0.25, 0.3) is 0 Å². The highest BCUT2D eigenvalue weighted by Gasteiger charge is 2.36. The molecule has 1 aromatic carbocycles. The van der Waals surface area contributed by atoms with E-state index in [1.54, 1.807) is 7.11 Å². The normalized spacial score (nSPS) is 24.4. The average molecular weight is 249 g/mol. The van der Waals surface area contributed by atoms with E-state index in [1.807, 2.05) is 6.07 Å².